The van der Waals surface area contributed by atoms with Gasteiger partial charge in [-0.1, -0.05) is 6.07 Å². The predicted octanol–water partition coefficient (Wildman–Crippen LogP) is 1.51. The molecule has 16 heavy (non-hydrogen) atoms. The average molecular weight is 330 g/mol. The van der Waals surface area contributed by atoms with Gasteiger partial charge in [0.2, 0.25) is 11.5 Å². The number of anilines is 2. The van der Waals surface area contributed by atoms with Gasteiger partial charge in [0.25, 0.3) is 5.91 Å². The van der Waals surface area contributed by atoms with Crippen molar-refractivity contribution in [3.05, 3.63) is 33.5 Å². The number of nitrogens with one attached hydrogen (secondary N) is 1. The Labute approximate surface area is 104 Å². The second kappa shape index (κ2) is 4.47. The van der Waals surface area contributed by atoms with Gasteiger partial charge in [0, 0.05) is 9.26 Å². The number of hydrogen-bond acceptors (Lipinski definition) is 5. The zero-order valence-corrected chi connectivity index (χ0v) is 10.1. The summed E-state index contributed by atoms with van der Waals surface area (Å²) in [6, 6.07) is 7.34. The highest BCUT2D eigenvalue weighted by Crippen LogP contribution is 2.14. The predicted molar refractivity (Wildman–Crippen MR) is 65.8 cm³/mol. The van der Waals surface area contributed by atoms with E-state index in [1.165, 1.54) is 0 Å². The molecule has 1 aromatic carbocycles. The quantitative estimate of drug-likeness (QED) is 0.814. The minimum Gasteiger partial charge on any atom is -0.379 e. The maximum absolute atomic E-state index is 11.7. The van der Waals surface area contributed by atoms with Crippen molar-refractivity contribution in [2.45, 2.75) is 0 Å². The Morgan fingerprint density at radius 2 is 2.25 bits per heavy atom. The van der Waals surface area contributed by atoms with Crippen molar-refractivity contribution in [3.8, 4) is 0 Å². The highest BCUT2D eigenvalue weighted by Gasteiger charge is 2.15. The molecular formula is C9H7IN4O2. The van der Waals surface area contributed by atoms with E-state index in [0.717, 1.165) is 3.57 Å². The fourth-order valence-electron chi connectivity index (χ4n) is 1.11. The summed E-state index contributed by atoms with van der Waals surface area (Å²) in [4.78, 5) is 11.7. The largest absolute Gasteiger partial charge is 0.379 e. The molecule has 1 amide bonds. The monoisotopic (exact) mass is 330 g/mol. The highest BCUT2D eigenvalue weighted by atomic mass is 127. The maximum atomic E-state index is 11.7. The number of nitrogen functional groups attached to an aromatic ring is 1. The van der Waals surface area contributed by atoms with E-state index in [1.54, 1.807) is 6.07 Å². The first kappa shape index (κ1) is 10.9. The zero-order valence-electron chi connectivity index (χ0n) is 7.98. The molecule has 0 unspecified atom stereocenters. The fourth-order valence-corrected chi connectivity index (χ4v) is 1.65. The smallest absolute Gasteiger partial charge is 0.281 e. The van der Waals surface area contributed by atoms with Gasteiger partial charge in [0.15, 0.2) is 0 Å². The number of halogens is 1. The van der Waals surface area contributed by atoms with Gasteiger partial charge in [-0.15, -0.1) is 0 Å². The van der Waals surface area contributed by atoms with Gasteiger partial charge in [0.05, 0.1) is 0 Å². The summed E-state index contributed by atoms with van der Waals surface area (Å²) in [5.41, 5.74) is 6.05. The number of carbonyl (C=O) groups is 1. The lowest BCUT2D eigenvalue weighted by Crippen LogP contribution is -2.14. The Morgan fingerprint density at radius 1 is 1.44 bits per heavy atom. The molecule has 0 aliphatic rings. The number of hydrogen-bond donors (Lipinski definition) is 2. The standard InChI is InChI=1S/C9H7IN4O2/c10-5-2-1-3-6(4-5)12-9(15)7-8(11)14-16-13-7/h1-4H,(H2,11,14)(H,12,15). The molecule has 6 nitrogen and oxygen atoms in total. The van der Waals surface area contributed by atoms with Crippen molar-refractivity contribution in [2.75, 3.05) is 11.1 Å². The van der Waals surface area contributed by atoms with Crippen molar-refractivity contribution < 1.29 is 9.42 Å². The maximum Gasteiger partial charge on any atom is 0.281 e. The van der Waals surface area contributed by atoms with E-state index in [-0.39, 0.29) is 11.5 Å². The first-order chi connectivity index (χ1) is 7.66. The van der Waals surface area contributed by atoms with E-state index in [9.17, 15) is 4.79 Å². The van der Waals surface area contributed by atoms with Gasteiger partial charge in [-0.3, -0.25) is 4.79 Å². The van der Waals surface area contributed by atoms with Crippen LogP contribution >= 0.6 is 22.6 Å². The molecule has 2 aromatic rings. The third-order valence-corrected chi connectivity index (χ3v) is 2.48. The number of carbonyl (C=O) groups excluding carboxylic acids is 1. The van der Waals surface area contributed by atoms with Crippen molar-refractivity contribution in [3.63, 3.8) is 0 Å². The van der Waals surface area contributed by atoms with E-state index >= 15 is 0 Å². The number of rotatable bonds is 2. The van der Waals surface area contributed by atoms with Crippen LogP contribution in [-0.2, 0) is 0 Å². The lowest BCUT2D eigenvalue weighted by molar-refractivity contribution is 0.101. The van der Waals surface area contributed by atoms with Gasteiger partial charge in [-0.2, -0.15) is 0 Å². The van der Waals surface area contributed by atoms with Crippen LogP contribution in [0.1, 0.15) is 10.5 Å². The summed E-state index contributed by atoms with van der Waals surface area (Å²) in [5, 5.41) is 9.38. The average Bonchev–Trinajstić information content (AvgIpc) is 2.64. The molecule has 82 valence electrons. The molecule has 0 bridgehead atoms. The van der Waals surface area contributed by atoms with Gasteiger partial charge in [-0.05, 0) is 51.1 Å². The first-order valence-corrected chi connectivity index (χ1v) is 5.39. The minimum absolute atomic E-state index is 0.0149. The highest BCUT2D eigenvalue weighted by molar-refractivity contribution is 14.1. The number of aromatic nitrogens is 2. The normalized spacial score (nSPS) is 10.1. The summed E-state index contributed by atoms with van der Waals surface area (Å²) in [6.45, 7) is 0. The zero-order chi connectivity index (χ0) is 11.5. The molecule has 0 saturated heterocycles. The third-order valence-electron chi connectivity index (χ3n) is 1.81. The number of nitrogens with two attached hydrogens (primary N) is 1. The summed E-state index contributed by atoms with van der Waals surface area (Å²) in [6.07, 6.45) is 0. The molecule has 0 aliphatic heterocycles. The molecule has 1 heterocycles. The SMILES string of the molecule is Nc1nonc1C(=O)Nc1cccc(I)c1. The summed E-state index contributed by atoms with van der Waals surface area (Å²) in [5.74, 6) is -0.469. The molecule has 3 N–H and O–H groups in total. The van der Waals surface area contributed by atoms with Crippen LogP contribution in [-0.4, -0.2) is 16.2 Å². The van der Waals surface area contributed by atoms with E-state index in [0.29, 0.717) is 5.69 Å². The molecule has 0 radical (unpaired) electrons. The molecule has 0 spiro atoms. The van der Waals surface area contributed by atoms with Crippen molar-refractivity contribution in [1.29, 1.82) is 0 Å². The van der Waals surface area contributed by atoms with Crippen molar-refractivity contribution in [1.82, 2.24) is 10.3 Å². The van der Waals surface area contributed by atoms with Crippen LogP contribution in [0.2, 0.25) is 0 Å². The topological polar surface area (TPSA) is 94.0 Å². The van der Waals surface area contributed by atoms with Crippen LogP contribution in [0.3, 0.4) is 0 Å². The Bertz CT molecular complexity index is 526. The van der Waals surface area contributed by atoms with E-state index < -0.39 is 5.91 Å². The fraction of sp³-hybridized carbons (Fsp3) is 0. The molecule has 0 atom stereocenters. The minimum atomic E-state index is -0.444. The van der Waals surface area contributed by atoms with E-state index in [2.05, 4.69) is 42.9 Å². The van der Waals surface area contributed by atoms with Crippen LogP contribution in [0.5, 0.6) is 0 Å². The second-order valence-corrected chi connectivity index (χ2v) is 4.21. The van der Waals surface area contributed by atoms with Gasteiger partial charge >= 0.3 is 0 Å². The molecular weight excluding hydrogens is 323 g/mol. The van der Waals surface area contributed by atoms with E-state index in [4.69, 9.17) is 5.73 Å². The molecule has 0 saturated carbocycles. The Kier molecular flexibility index (Phi) is 3.04. The van der Waals surface area contributed by atoms with Crippen LogP contribution in [0, 0.1) is 3.57 Å². The molecule has 2 rings (SSSR count). The lowest BCUT2D eigenvalue weighted by atomic mass is 10.3. The summed E-state index contributed by atoms with van der Waals surface area (Å²) >= 11 is 2.15. The number of amides is 1. The van der Waals surface area contributed by atoms with Crippen LogP contribution in [0.4, 0.5) is 11.5 Å². The number of benzene rings is 1. The second-order valence-electron chi connectivity index (χ2n) is 2.96. The summed E-state index contributed by atoms with van der Waals surface area (Å²) < 4.78 is 5.36. The Morgan fingerprint density at radius 3 is 2.88 bits per heavy atom. The van der Waals surface area contributed by atoms with Crippen LogP contribution in [0.15, 0.2) is 28.9 Å². The number of nitrogens with zero attached hydrogens (tertiary/aromatic N) is 2. The van der Waals surface area contributed by atoms with Gasteiger partial charge in [-0.25, -0.2) is 4.63 Å². The molecule has 0 fully saturated rings. The van der Waals surface area contributed by atoms with Crippen molar-refractivity contribution in [2.24, 2.45) is 0 Å². The van der Waals surface area contributed by atoms with E-state index in [1.807, 2.05) is 18.2 Å². The van der Waals surface area contributed by atoms with Crippen LogP contribution in [0.25, 0.3) is 0 Å². The Hall–Kier alpha value is -1.64. The molecule has 1 aromatic heterocycles. The third kappa shape index (κ3) is 2.30. The Balaban J connectivity index is 2.17. The molecule has 0 aliphatic carbocycles. The van der Waals surface area contributed by atoms with Gasteiger partial charge in [0.1, 0.15) is 0 Å². The lowest BCUT2D eigenvalue weighted by Gasteiger charge is -2.02. The first-order valence-electron chi connectivity index (χ1n) is 4.32. The van der Waals surface area contributed by atoms with Crippen molar-refractivity contribution >= 4 is 40.0 Å². The van der Waals surface area contributed by atoms with Gasteiger partial charge < -0.3 is 11.1 Å². The summed E-state index contributed by atoms with van der Waals surface area (Å²) in [7, 11) is 0. The van der Waals surface area contributed by atoms with Crippen LogP contribution < -0.4 is 11.1 Å². The molecule has 7 heteroatoms.